The van der Waals surface area contributed by atoms with Crippen LogP contribution in [-0.4, -0.2) is 23.1 Å². The molecule has 27 heavy (non-hydrogen) atoms. The summed E-state index contributed by atoms with van der Waals surface area (Å²) in [7, 11) is 0. The number of carbonyl (C=O) groups is 2. The van der Waals surface area contributed by atoms with Crippen molar-refractivity contribution in [3.8, 4) is 0 Å². The van der Waals surface area contributed by atoms with Gasteiger partial charge in [-0.1, -0.05) is 30.3 Å². The highest BCUT2D eigenvalue weighted by Crippen LogP contribution is 2.39. The quantitative estimate of drug-likeness (QED) is 0.796. The van der Waals surface area contributed by atoms with Crippen molar-refractivity contribution < 1.29 is 14.0 Å². The molecule has 2 fully saturated rings. The van der Waals surface area contributed by atoms with E-state index in [0.29, 0.717) is 18.2 Å². The Hall–Kier alpha value is -2.47. The van der Waals surface area contributed by atoms with E-state index in [4.69, 9.17) is 4.42 Å². The van der Waals surface area contributed by atoms with Crippen molar-refractivity contribution in [1.29, 1.82) is 0 Å². The minimum Gasteiger partial charge on any atom is -0.467 e. The lowest BCUT2D eigenvalue weighted by Crippen LogP contribution is -2.51. The number of furan rings is 1. The van der Waals surface area contributed by atoms with Gasteiger partial charge in [-0.3, -0.25) is 9.59 Å². The molecule has 1 saturated heterocycles. The molecule has 2 aromatic rings. The van der Waals surface area contributed by atoms with Crippen LogP contribution in [0.25, 0.3) is 6.08 Å². The van der Waals surface area contributed by atoms with Crippen LogP contribution in [0.15, 0.2) is 58.1 Å². The van der Waals surface area contributed by atoms with E-state index in [1.807, 2.05) is 48.5 Å². The lowest BCUT2D eigenvalue weighted by atomic mass is 9.84. The fourth-order valence-electron chi connectivity index (χ4n) is 3.66. The number of carbonyl (C=O) groups excluding carboxylic acids is 2. The molecular formula is C21H22N2O3S. The van der Waals surface area contributed by atoms with Gasteiger partial charge in [0, 0.05) is 17.2 Å². The lowest BCUT2D eigenvalue weighted by molar-refractivity contribution is -0.127. The number of thioether (sulfide) groups is 1. The summed E-state index contributed by atoms with van der Waals surface area (Å²) in [6, 6.07) is 13.6. The van der Waals surface area contributed by atoms with Crippen LogP contribution in [0.2, 0.25) is 0 Å². The average Bonchev–Trinajstić information content (AvgIpc) is 3.21. The SMILES string of the molecule is O=C1NC2CC(C(=O)NCc3ccco3)CCC2S/C1=C/c1ccccc1. The smallest absolute Gasteiger partial charge is 0.257 e. The second-order valence-electron chi connectivity index (χ2n) is 6.96. The topological polar surface area (TPSA) is 71.3 Å². The number of fused-ring (bicyclic) bond motifs is 1. The Bertz CT molecular complexity index is 832. The first-order valence-corrected chi connectivity index (χ1v) is 10.1. The molecule has 1 saturated carbocycles. The van der Waals surface area contributed by atoms with Gasteiger partial charge in [0.2, 0.25) is 5.91 Å². The van der Waals surface area contributed by atoms with Gasteiger partial charge in [0.15, 0.2) is 0 Å². The van der Waals surface area contributed by atoms with Crippen molar-refractivity contribution in [2.24, 2.45) is 5.92 Å². The normalized spacial score (nSPS) is 26.3. The predicted molar refractivity (Wildman–Crippen MR) is 106 cm³/mol. The molecule has 3 unspecified atom stereocenters. The van der Waals surface area contributed by atoms with E-state index < -0.39 is 0 Å². The third-order valence-corrected chi connectivity index (χ3v) is 6.51. The van der Waals surface area contributed by atoms with E-state index in [1.165, 1.54) is 0 Å². The van der Waals surface area contributed by atoms with Crippen LogP contribution in [0.3, 0.4) is 0 Å². The number of benzene rings is 1. The van der Waals surface area contributed by atoms with Gasteiger partial charge >= 0.3 is 0 Å². The molecule has 4 rings (SSSR count). The zero-order valence-electron chi connectivity index (χ0n) is 14.9. The van der Waals surface area contributed by atoms with E-state index in [9.17, 15) is 9.59 Å². The molecule has 0 bridgehead atoms. The average molecular weight is 382 g/mol. The maximum absolute atomic E-state index is 12.5. The van der Waals surface area contributed by atoms with Gasteiger partial charge in [-0.05, 0) is 43.0 Å². The highest BCUT2D eigenvalue weighted by molar-refractivity contribution is 8.04. The van der Waals surface area contributed by atoms with Crippen LogP contribution < -0.4 is 10.6 Å². The third-order valence-electron chi connectivity index (χ3n) is 5.09. The molecule has 0 spiro atoms. The molecular weight excluding hydrogens is 360 g/mol. The van der Waals surface area contributed by atoms with Gasteiger partial charge in [0.25, 0.3) is 5.91 Å². The summed E-state index contributed by atoms with van der Waals surface area (Å²) in [5.41, 5.74) is 1.03. The fourth-order valence-corrected chi connectivity index (χ4v) is 4.96. The minimum absolute atomic E-state index is 0.0368. The summed E-state index contributed by atoms with van der Waals surface area (Å²) in [4.78, 5) is 25.7. The van der Waals surface area contributed by atoms with Crippen LogP contribution in [0.1, 0.15) is 30.6 Å². The van der Waals surface area contributed by atoms with Gasteiger partial charge in [0.1, 0.15) is 5.76 Å². The summed E-state index contributed by atoms with van der Waals surface area (Å²) in [6.45, 7) is 0.404. The molecule has 2 aliphatic rings. The van der Waals surface area contributed by atoms with Crippen molar-refractivity contribution >= 4 is 29.7 Å². The van der Waals surface area contributed by atoms with Crippen molar-refractivity contribution in [2.75, 3.05) is 0 Å². The van der Waals surface area contributed by atoms with Crippen molar-refractivity contribution in [3.63, 3.8) is 0 Å². The van der Waals surface area contributed by atoms with Crippen molar-refractivity contribution in [2.45, 2.75) is 37.1 Å². The maximum Gasteiger partial charge on any atom is 0.257 e. The Kier molecular flexibility index (Phi) is 5.34. The summed E-state index contributed by atoms with van der Waals surface area (Å²) < 4.78 is 5.25. The van der Waals surface area contributed by atoms with Crippen molar-refractivity contribution in [1.82, 2.24) is 10.6 Å². The van der Waals surface area contributed by atoms with E-state index in [0.717, 1.165) is 29.1 Å². The second kappa shape index (κ2) is 8.05. The summed E-state index contributed by atoms with van der Waals surface area (Å²) in [5, 5.41) is 6.38. The molecule has 2 amide bonds. The predicted octanol–water partition coefficient (Wildman–Crippen LogP) is 3.34. The largest absolute Gasteiger partial charge is 0.467 e. The van der Waals surface area contributed by atoms with Gasteiger partial charge in [-0.25, -0.2) is 0 Å². The summed E-state index contributed by atoms with van der Waals surface area (Å²) >= 11 is 1.65. The zero-order valence-corrected chi connectivity index (χ0v) is 15.7. The van der Waals surface area contributed by atoms with Crippen LogP contribution in [0.5, 0.6) is 0 Å². The van der Waals surface area contributed by atoms with Gasteiger partial charge in [-0.15, -0.1) is 11.8 Å². The Morgan fingerprint density at radius 3 is 2.85 bits per heavy atom. The summed E-state index contributed by atoms with van der Waals surface area (Å²) in [6.07, 6.45) is 5.99. The highest BCUT2D eigenvalue weighted by atomic mass is 32.2. The molecule has 5 nitrogen and oxygen atoms in total. The highest BCUT2D eigenvalue weighted by Gasteiger charge is 2.39. The molecule has 3 atom stereocenters. The molecule has 1 aromatic carbocycles. The zero-order chi connectivity index (χ0) is 18.6. The number of amides is 2. The molecule has 2 heterocycles. The molecule has 1 aromatic heterocycles. The Morgan fingerprint density at radius 1 is 1.22 bits per heavy atom. The number of rotatable bonds is 4. The monoisotopic (exact) mass is 382 g/mol. The standard InChI is InChI=1S/C21H22N2O3S/c24-20(22-13-16-7-4-10-26-16)15-8-9-18-17(12-15)23-21(25)19(27-18)11-14-5-2-1-3-6-14/h1-7,10-11,15,17-18H,8-9,12-13H2,(H,22,24)(H,23,25)/b19-11+. The third kappa shape index (κ3) is 4.27. The molecule has 2 N–H and O–H groups in total. The van der Waals surface area contributed by atoms with Gasteiger partial charge in [0.05, 0.1) is 17.7 Å². The first-order valence-electron chi connectivity index (χ1n) is 9.23. The Balaban J connectivity index is 1.35. The minimum atomic E-state index is -0.0678. The van der Waals surface area contributed by atoms with E-state index in [1.54, 1.807) is 18.0 Å². The number of hydrogen-bond donors (Lipinski definition) is 2. The number of nitrogens with one attached hydrogen (secondary N) is 2. The van der Waals surface area contributed by atoms with E-state index >= 15 is 0 Å². The first-order chi connectivity index (χ1) is 13.2. The van der Waals surface area contributed by atoms with Crippen LogP contribution >= 0.6 is 11.8 Å². The molecule has 140 valence electrons. The van der Waals surface area contributed by atoms with Crippen LogP contribution in [-0.2, 0) is 16.1 Å². The van der Waals surface area contributed by atoms with Crippen LogP contribution in [0, 0.1) is 5.92 Å². The summed E-state index contributed by atoms with van der Waals surface area (Å²) in [5.74, 6) is 0.674. The lowest BCUT2D eigenvalue weighted by Gasteiger charge is -2.39. The van der Waals surface area contributed by atoms with Gasteiger partial charge < -0.3 is 15.1 Å². The molecule has 6 heteroatoms. The van der Waals surface area contributed by atoms with Crippen LogP contribution in [0.4, 0.5) is 0 Å². The molecule has 1 aliphatic carbocycles. The van der Waals surface area contributed by atoms with E-state index in [2.05, 4.69) is 10.6 Å². The first kappa shape index (κ1) is 17.9. The van der Waals surface area contributed by atoms with E-state index in [-0.39, 0.29) is 23.8 Å². The Morgan fingerprint density at radius 2 is 2.07 bits per heavy atom. The van der Waals surface area contributed by atoms with Crippen molar-refractivity contribution in [3.05, 3.63) is 65.0 Å². The van der Waals surface area contributed by atoms with Gasteiger partial charge in [-0.2, -0.15) is 0 Å². The fraction of sp³-hybridized carbons (Fsp3) is 0.333. The number of hydrogen-bond acceptors (Lipinski definition) is 4. The molecule has 1 aliphatic heterocycles. The maximum atomic E-state index is 12.5. The molecule has 0 radical (unpaired) electrons. The Labute approximate surface area is 162 Å². The second-order valence-corrected chi connectivity index (χ2v) is 8.24.